The molecule has 1 aromatic carbocycles. The summed E-state index contributed by atoms with van der Waals surface area (Å²) >= 11 is 0. The molecule has 23 heavy (non-hydrogen) atoms. The third-order valence-corrected chi connectivity index (χ3v) is 3.85. The summed E-state index contributed by atoms with van der Waals surface area (Å²) in [5.74, 6) is -0.339. The predicted octanol–water partition coefficient (Wildman–Crippen LogP) is 3.48. The lowest BCUT2D eigenvalue weighted by atomic mass is 10.1. The van der Waals surface area contributed by atoms with Crippen molar-refractivity contribution >= 4 is 16.8 Å². The number of fused-ring (bicyclic) bond motifs is 1. The molecule has 0 spiro atoms. The van der Waals surface area contributed by atoms with Crippen LogP contribution in [0.25, 0.3) is 10.9 Å². The molecule has 5 heteroatoms. The van der Waals surface area contributed by atoms with E-state index in [0.717, 1.165) is 48.0 Å². The number of aromatic amines is 1. The Morgan fingerprint density at radius 3 is 2.87 bits per heavy atom. The molecule has 2 rings (SSSR count). The fourth-order valence-corrected chi connectivity index (χ4v) is 2.56. The molecule has 0 radical (unpaired) electrons. The SMILES string of the molecule is CCCCOCCCNC(=O)Cc1c(C)[nH]c2ccc(F)cc12. The van der Waals surface area contributed by atoms with Gasteiger partial charge in [-0.3, -0.25) is 4.79 Å². The van der Waals surface area contributed by atoms with Gasteiger partial charge < -0.3 is 15.0 Å². The van der Waals surface area contributed by atoms with Gasteiger partial charge in [0.25, 0.3) is 0 Å². The molecule has 0 atom stereocenters. The maximum Gasteiger partial charge on any atom is 0.224 e. The van der Waals surface area contributed by atoms with Crippen LogP contribution in [0.5, 0.6) is 0 Å². The number of hydrogen-bond acceptors (Lipinski definition) is 2. The lowest BCUT2D eigenvalue weighted by Gasteiger charge is -2.06. The van der Waals surface area contributed by atoms with E-state index in [9.17, 15) is 9.18 Å². The van der Waals surface area contributed by atoms with E-state index in [1.165, 1.54) is 12.1 Å². The highest BCUT2D eigenvalue weighted by molar-refractivity contribution is 5.90. The normalized spacial score (nSPS) is 11.1. The van der Waals surface area contributed by atoms with E-state index < -0.39 is 0 Å². The van der Waals surface area contributed by atoms with Crippen molar-refractivity contribution in [1.29, 1.82) is 0 Å². The highest BCUT2D eigenvalue weighted by Gasteiger charge is 2.12. The van der Waals surface area contributed by atoms with Crippen LogP contribution in [0.1, 0.15) is 37.4 Å². The van der Waals surface area contributed by atoms with Crippen molar-refractivity contribution in [3.8, 4) is 0 Å². The first-order valence-electron chi connectivity index (χ1n) is 8.23. The number of amides is 1. The summed E-state index contributed by atoms with van der Waals surface area (Å²) in [5, 5.41) is 3.67. The minimum atomic E-state index is -0.289. The molecule has 0 saturated heterocycles. The zero-order chi connectivity index (χ0) is 16.7. The van der Waals surface area contributed by atoms with Gasteiger partial charge in [-0.2, -0.15) is 0 Å². The van der Waals surface area contributed by atoms with Crippen LogP contribution in [0, 0.1) is 12.7 Å². The number of nitrogens with one attached hydrogen (secondary N) is 2. The van der Waals surface area contributed by atoms with Crippen LogP contribution in [0.15, 0.2) is 18.2 Å². The lowest BCUT2D eigenvalue weighted by molar-refractivity contribution is -0.120. The van der Waals surface area contributed by atoms with E-state index in [2.05, 4.69) is 17.2 Å². The minimum absolute atomic E-state index is 0.0492. The Labute approximate surface area is 136 Å². The van der Waals surface area contributed by atoms with Gasteiger partial charge in [0, 0.05) is 36.4 Å². The number of carbonyl (C=O) groups excluding carboxylic acids is 1. The van der Waals surface area contributed by atoms with Crippen molar-refractivity contribution in [2.45, 2.75) is 39.5 Å². The molecular formula is C18H25FN2O2. The Bertz CT molecular complexity index is 652. The first-order valence-corrected chi connectivity index (χ1v) is 8.23. The highest BCUT2D eigenvalue weighted by Crippen LogP contribution is 2.23. The number of halogens is 1. The Morgan fingerprint density at radius 2 is 2.09 bits per heavy atom. The third-order valence-electron chi connectivity index (χ3n) is 3.85. The van der Waals surface area contributed by atoms with E-state index in [4.69, 9.17) is 4.74 Å². The van der Waals surface area contributed by atoms with Gasteiger partial charge in [0.05, 0.1) is 6.42 Å². The molecule has 0 fully saturated rings. The molecule has 0 bridgehead atoms. The average molecular weight is 320 g/mol. The van der Waals surface area contributed by atoms with E-state index in [1.54, 1.807) is 6.07 Å². The van der Waals surface area contributed by atoms with Crippen LogP contribution in [0.3, 0.4) is 0 Å². The van der Waals surface area contributed by atoms with Crippen molar-refractivity contribution < 1.29 is 13.9 Å². The number of ether oxygens (including phenoxy) is 1. The minimum Gasteiger partial charge on any atom is -0.381 e. The van der Waals surface area contributed by atoms with Crippen LogP contribution < -0.4 is 5.32 Å². The number of benzene rings is 1. The number of hydrogen-bond donors (Lipinski definition) is 2. The fraction of sp³-hybridized carbons (Fsp3) is 0.500. The second kappa shape index (κ2) is 8.67. The van der Waals surface area contributed by atoms with E-state index in [-0.39, 0.29) is 18.1 Å². The Morgan fingerprint density at radius 1 is 1.30 bits per heavy atom. The van der Waals surface area contributed by atoms with Gasteiger partial charge in [0.1, 0.15) is 5.82 Å². The number of aromatic nitrogens is 1. The third kappa shape index (κ3) is 5.06. The molecule has 1 amide bonds. The molecule has 0 aliphatic rings. The highest BCUT2D eigenvalue weighted by atomic mass is 19.1. The topological polar surface area (TPSA) is 54.1 Å². The molecule has 126 valence electrons. The van der Waals surface area contributed by atoms with Gasteiger partial charge in [0.2, 0.25) is 5.91 Å². The second-order valence-corrected chi connectivity index (χ2v) is 5.76. The molecule has 0 aliphatic heterocycles. The van der Waals surface area contributed by atoms with Gasteiger partial charge in [-0.25, -0.2) is 4.39 Å². The van der Waals surface area contributed by atoms with Crippen molar-refractivity contribution in [2.24, 2.45) is 0 Å². The van der Waals surface area contributed by atoms with E-state index in [1.807, 2.05) is 6.92 Å². The Kier molecular flexibility index (Phi) is 6.59. The van der Waals surface area contributed by atoms with Crippen molar-refractivity contribution in [3.63, 3.8) is 0 Å². The summed E-state index contributed by atoms with van der Waals surface area (Å²) < 4.78 is 18.9. The van der Waals surface area contributed by atoms with Crippen LogP contribution in [-0.4, -0.2) is 30.6 Å². The first-order chi connectivity index (χ1) is 11.1. The lowest BCUT2D eigenvalue weighted by Crippen LogP contribution is -2.27. The van der Waals surface area contributed by atoms with Crippen LogP contribution in [-0.2, 0) is 16.0 Å². The smallest absolute Gasteiger partial charge is 0.224 e. The Hall–Kier alpha value is -1.88. The van der Waals surface area contributed by atoms with Crippen LogP contribution in [0.4, 0.5) is 4.39 Å². The van der Waals surface area contributed by atoms with Crippen molar-refractivity contribution in [2.75, 3.05) is 19.8 Å². The molecule has 1 heterocycles. The molecule has 0 unspecified atom stereocenters. The molecule has 4 nitrogen and oxygen atoms in total. The zero-order valence-electron chi connectivity index (χ0n) is 13.9. The summed E-state index contributed by atoms with van der Waals surface area (Å²) in [7, 11) is 0. The first kappa shape index (κ1) is 17.5. The summed E-state index contributed by atoms with van der Waals surface area (Å²) in [6.07, 6.45) is 3.26. The second-order valence-electron chi connectivity index (χ2n) is 5.76. The van der Waals surface area contributed by atoms with Crippen molar-refractivity contribution in [1.82, 2.24) is 10.3 Å². The largest absolute Gasteiger partial charge is 0.381 e. The zero-order valence-corrected chi connectivity index (χ0v) is 13.9. The molecular weight excluding hydrogens is 295 g/mol. The molecule has 2 aromatic rings. The standard InChI is InChI=1S/C18H25FN2O2/c1-3-4-9-23-10-5-8-20-18(22)12-15-13(2)21-17-7-6-14(19)11-16(15)17/h6-7,11,21H,3-5,8-10,12H2,1-2H3,(H,20,22). The number of aryl methyl sites for hydroxylation is 1. The van der Waals surface area contributed by atoms with Gasteiger partial charge in [-0.15, -0.1) is 0 Å². The molecule has 1 aromatic heterocycles. The number of unbranched alkanes of at least 4 members (excludes halogenated alkanes) is 1. The van der Waals surface area contributed by atoms with E-state index >= 15 is 0 Å². The maximum atomic E-state index is 13.4. The summed E-state index contributed by atoms with van der Waals surface area (Å²) in [4.78, 5) is 15.3. The number of rotatable bonds is 9. The average Bonchev–Trinajstić information content (AvgIpc) is 2.82. The van der Waals surface area contributed by atoms with Crippen LogP contribution >= 0.6 is 0 Å². The number of carbonyl (C=O) groups is 1. The monoisotopic (exact) mass is 320 g/mol. The van der Waals surface area contributed by atoms with Gasteiger partial charge in [0.15, 0.2) is 0 Å². The molecule has 0 aliphatic carbocycles. The molecule has 2 N–H and O–H groups in total. The van der Waals surface area contributed by atoms with Gasteiger partial charge in [-0.05, 0) is 43.5 Å². The van der Waals surface area contributed by atoms with Crippen molar-refractivity contribution in [3.05, 3.63) is 35.3 Å². The van der Waals surface area contributed by atoms with Gasteiger partial charge >= 0.3 is 0 Å². The summed E-state index contributed by atoms with van der Waals surface area (Å²) in [5.41, 5.74) is 2.62. The van der Waals surface area contributed by atoms with Gasteiger partial charge in [-0.1, -0.05) is 13.3 Å². The molecule has 0 saturated carbocycles. The van der Waals surface area contributed by atoms with E-state index in [0.29, 0.717) is 13.2 Å². The maximum absolute atomic E-state index is 13.4. The number of H-pyrrole nitrogens is 1. The summed E-state index contributed by atoms with van der Waals surface area (Å²) in [6, 6.07) is 4.59. The van der Waals surface area contributed by atoms with Crippen LogP contribution in [0.2, 0.25) is 0 Å². The Balaban J connectivity index is 1.81. The predicted molar refractivity (Wildman–Crippen MR) is 90.1 cm³/mol. The fourth-order valence-electron chi connectivity index (χ4n) is 2.56. The summed E-state index contributed by atoms with van der Waals surface area (Å²) in [6.45, 7) is 6.08. The quantitative estimate of drug-likeness (QED) is 0.695.